The van der Waals surface area contributed by atoms with Gasteiger partial charge in [0.15, 0.2) is 0 Å². The van der Waals surface area contributed by atoms with Gasteiger partial charge >= 0.3 is 0 Å². The first kappa shape index (κ1) is 20.5. The molecular weight excluding hydrogens is 374 g/mol. The van der Waals surface area contributed by atoms with Gasteiger partial charge in [0.1, 0.15) is 0 Å². The number of morpholine rings is 1. The zero-order valence-electron chi connectivity index (χ0n) is 16.7. The smallest absolute Gasteiger partial charge is 0.255 e. The maximum absolute atomic E-state index is 12.8. The Hall–Kier alpha value is -2.24. The Bertz CT molecular complexity index is 802. The molecule has 1 amide bonds. The fourth-order valence-corrected chi connectivity index (χ4v) is 3.86. The second-order valence-corrected chi connectivity index (χ2v) is 7.52. The van der Waals surface area contributed by atoms with Gasteiger partial charge in [-0.25, -0.2) is 0 Å². The molecule has 5 nitrogen and oxygen atoms in total. The number of nitrogens with one attached hydrogen (secondary N) is 1. The second-order valence-electron chi connectivity index (χ2n) is 7.12. The number of hydrogen-bond donors (Lipinski definition) is 1. The molecule has 1 aliphatic rings. The second kappa shape index (κ2) is 9.30. The van der Waals surface area contributed by atoms with Gasteiger partial charge in [0, 0.05) is 36.9 Å². The molecule has 0 saturated carbocycles. The summed E-state index contributed by atoms with van der Waals surface area (Å²) in [5.74, 6) is -0.143. The molecule has 28 heavy (non-hydrogen) atoms. The van der Waals surface area contributed by atoms with Crippen molar-refractivity contribution in [1.29, 1.82) is 0 Å². The lowest BCUT2D eigenvalue weighted by Gasteiger charge is -2.31. The fraction of sp³-hybridized carbons (Fsp3) is 0.409. The Morgan fingerprint density at radius 1 is 1.18 bits per heavy atom. The van der Waals surface area contributed by atoms with E-state index >= 15 is 0 Å². The van der Waals surface area contributed by atoms with Crippen LogP contribution in [-0.2, 0) is 4.74 Å². The minimum Gasteiger partial charge on any atom is -0.378 e. The van der Waals surface area contributed by atoms with Crippen molar-refractivity contribution in [3.05, 3.63) is 53.1 Å². The zero-order valence-corrected chi connectivity index (χ0v) is 17.5. The Labute approximate surface area is 172 Å². The molecule has 6 heteroatoms. The highest BCUT2D eigenvalue weighted by Crippen LogP contribution is 2.34. The van der Waals surface area contributed by atoms with Crippen LogP contribution in [0.3, 0.4) is 0 Å². The van der Waals surface area contributed by atoms with Gasteiger partial charge in [0.05, 0.1) is 29.6 Å². The van der Waals surface area contributed by atoms with Crippen LogP contribution in [0.2, 0.25) is 5.02 Å². The average Bonchev–Trinajstić information content (AvgIpc) is 2.69. The van der Waals surface area contributed by atoms with Gasteiger partial charge in [0.25, 0.3) is 5.91 Å². The van der Waals surface area contributed by atoms with E-state index in [-0.39, 0.29) is 5.91 Å². The van der Waals surface area contributed by atoms with Crippen molar-refractivity contribution >= 4 is 34.6 Å². The minimum atomic E-state index is -0.143. The summed E-state index contributed by atoms with van der Waals surface area (Å²) in [4.78, 5) is 17.3. The molecule has 0 spiro atoms. The number of carbonyl (C=O) groups excluding carboxylic acids is 1. The molecule has 0 bridgehead atoms. The van der Waals surface area contributed by atoms with Crippen LogP contribution in [0.4, 0.5) is 17.1 Å². The number of anilines is 3. The Kier molecular flexibility index (Phi) is 6.81. The lowest BCUT2D eigenvalue weighted by atomic mass is 10.1. The van der Waals surface area contributed by atoms with Gasteiger partial charge in [-0.2, -0.15) is 0 Å². The summed E-state index contributed by atoms with van der Waals surface area (Å²) in [7, 11) is 0. The van der Waals surface area contributed by atoms with E-state index in [0.29, 0.717) is 29.8 Å². The van der Waals surface area contributed by atoms with Crippen LogP contribution < -0.4 is 15.1 Å². The van der Waals surface area contributed by atoms with Crippen molar-refractivity contribution in [2.24, 2.45) is 0 Å². The van der Waals surface area contributed by atoms with Crippen molar-refractivity contribution < 1.29 is 9.53 Å². The topological polar surface area (TPSA) is 44.8 Å². The molecule has 0 aliphatic carbocycles. The SMILES string of the molecule is CCN(c1ccc(C(=O)Nc2cccc(Cl)c2N2CCOCC2)cc1)C(C)C. The summed E-state index contributed by atoms with van der Waals surface area (Å²) in [5, 5.41) is 3.66. The van der Waals surface area contributed by atoms with E-state index in [2.05, 4.69) is 35.9 Å². The summed E-state index contributed by atoms with van der Waals surface area (Å²) >= 11 is 6.45. The van der Waals surface area contributed by atoms with Crippen LogP contribution in [-0.4, -0.2) is 44.8 Å². The standard InChI is InChI=1S/C22H28ClN3O2/c1-4-26(16(2)3)18-10-8-17(9-11-18)22(27)24-20-7-5-6-19(23)21(20)25-12-14-28-15-13-25/h5-11,16H,4,12-15H2,1-3H3,(H,24,27). The molecule has 1 heterocycles. The van der Waals surface area contributed by atoms with Crippen molar-refractivity contribution in [3.63, 3.8) is 0 Å². The van der Waals surface area contributed by atoms with Crippen LogP contribution >= 0.6 is 11.6 Å². The van der Waals surface area contributed by atoms with Crippen LogP contribution in [0.15, 0.2) is 42.5 Å². The lowest BCUT2D eigenvalue weighted by Crippen LogP contribution is -2.37. The van der Waals surface area contributed by atoms with Gasteiger partial charge in [-0.05, 0) is 57.2 Å². The van der Waals surface area contributed by atoms with Gasteiger partial charge in [-0.3, -0.25) is 4.79 Å². The summed E-state index contributed by atoms with van der Waals surface area (Å²) in [5.41, 5.74) is 3.32. The summed E-state index contributed by atoms with van der Waals surface area (Å²) in [6, 6.07) is 13.7. The molecular formula is C22H28ClN3O2. The molecule has 0 aromatic heterocycles. The molecule has 1 aliphatic heterocycles. The van der Waals surface area contributed by atoms with E-state index in [4.69, 9.17) is 16.3 Å². The van der Waals surface area contributed by atoms with Crippen molar-refractivity contribution in [3.8, 4) is 0 Å². The fourth-order valence-electron chi connectivity index (χ4n) is 3.57. The van der Waals surface area contributed by atoms with E-state index < -0.39 is 0 Å². The predicted octanol–water partition coefficient (Wildman–Crippen LogP) is 4.66. The number of benzene rings is 2. The zero-order chi connectivity index (χ0) is 20.1. The van der Waals surface area contributed by atoms with Crippen molar-refractivity contribution in [1.82, 2.24) is 0 Å². The van der Waals surface area contributed by atoms with E-state index in [1.54, 1.807) is 0 Å². The molecule has 1 fully saturated rings. The monoisotopic (exact) mass is 401 g/mol. The molecule has 0 atom stereocenters. The summed E-state index contributed by atoms with van der Waals surface area (Å²) in [6.07, 6.45) is 0. The maximum atomic E-state index is 12.8. The van der Waals surface area contributed by atoms with Crippen LogP contribution in [0.25, 0.3) is 0 Å². The molecule has 2 aromatic carbocycles. The predicted molar refractivity (Wildman–Crippen MR) is 117 cm³/mol. The first-order chi connectivity index (χ1) is 13.5. The van der Waals surface area contributed by atoms with Gasteiger partial charge in [0.2, 0.25) is 0 Å². The van der Waals surface area contributed by atoms with Gasteiger partial charge < -0.3 is 19.9 Å². The summed E-state index contributed by atoms with van der Waals surface area (Å²) < 4.78 is 5.43. The Morgan fingerprint density at radius 3 is 2.46 bits per heavy atom. The normalized spacial score (nSPS) is 14.2. The van der Waals surface area contributed by atoms with Crippen molar-refractivity contribution in [2.75, 3.05) is 48.0 Å². The number of carbonyl (C=O) groups is 1. The molecule has 150 valence electrons. The van der Waals surface area contributed by atoms with E-state index in [1.807, 2.05) is 42.5 Å². The highest BCUT2D eigenvalue weighted by Gasteiger charge is 2.19. The molecule has 1 saturated heterocycles. The number of ether oxygens (including phenoxy) is 1. The number of rotatable bonds is 6. The third-order valence-corrected chi connectivity index (χ3v) is 5.29. The molecule has 3 rings (SSSR count). The number of hydrogen-bond acceptors (Lipinski definition) is 4. The molecule has 2 aromatic rings. The average molecular weight is 402 g/mol. The molecule has 0 unspecified atom stereocenters. The third kappa shape index (κ3) is 4.59. The van der Waals surface area contributed by atoms with E-state index in [0.717, 1.165) is 36.7 Å². The largest absolute Gasteiger partial charge is 0.378 e. The van der Waals surface area contributed by atoms with Crippen LogP contribution in [0, 0.1) is 0 Å². The first-order valence-corrected chi connectivity index (χ1v) is 10.2. The third-order valence-electron chi connectivity index (χ3n) is 4.99. The highest BCUT2D eigenvalue weighted by molar-refractivity contribution is 6.34. The lowest BCUT2D eigenvalue weighted by molar-refractivity contribution is 0.102. The van der Waals surface area contributed by atoms with Crippen LogP contribution in [0.5, 0.6) is 0 Å². The quantitative estimate of drug-likeness (QED) is 0.764. The van der Waals surface area contributed by atoms with Crippen molar-refractivity contribution in [2.45, 2.75) is 26.8 Å². The number of halogens is 1. The molecule has 1 N–H and O–H groups in total. The Balaban J connectivity index is 1.79. The van der Waals surface area contributed by atoms with Gasteiger partial charge in [-0.1, -0.05) is 17.7 Å². The highest BCUT2D eigenvalue weighted by atomic mass is 35.5. The van der Waals surface area contributed by atoms with Crippen LogP contribution in [0.1, 0.15) is 31.1 Å². The van der Waals surface area contributed by atoms with E-state index in [9.17, 15) is 4.79 Å². The maximum Gasteiger partial charge on any atom is 0.255 e. The first-order valence-electron chi connectivity index (χ1n) is 9.80. The number of amides is 1. The van der Waals surface area contributed by atoms with E-state index in [1.165, 1.54) is 0 Å². The Morgan fingerprint density at radius 2 is 1.86 bits per heavy atom. The number of nitrogens with zero attached hydrogens (tertiary/aromatic N) is 2. The minimum absolute atomic E-state index is 0.143. The molecule has 0 radical (unpaired) electrons. The van der Waals surface area contributed by atoms with Gasteiger partial charge in [-0.15, -0.1) is 0 Å². The summed E-state index contributed by atoms with van der Waals surface area (Å²) in [6.45, 7) is 10.2. The number of para-hydroxylation sites is 1.